The number of aromatic nitrogens is 1. The summed E-state index contributed by atoms with van der Waals surface area (Å²) in [6.45, 7) is 3.60. The molecule has 0 aliphatic rings. The second-order valence-corrected chi connectivity index (χ2v) is 4.49. The van der Waals surface area contributed by atoms with Crippen molar-refractivity contribution in [3.05, 3.63) is 41.2 Å². The number of nitrogens with zero attached hydrogens (tertiary/aromatic N) is 1. The molecule has 0 aliphatic heterocycles. The van der Waals surface area contributed by atoms with Crippen LogP contribution in [0.1, 0.15) is 16.9 Å². The number of pyridine rings is 1. The van der Waals surface area contributed by atoms with Crippen molar-refractivity contribution in [3.8, 4) is 0 Å². The van der Waals surface area contributed by atoms with E-state index in [9.17, 15) is 9.59 Å². The maximum Gasteiger partial charge on any atom is 0.270 e. The van der Waals surface area contributed by atoms with Gasteiger partial charge in [-0.05, 0) is 16.6 Å². The normalized spacial score (nSPS) is 11.6. The second-order valence-electron chi connectivity index (χ2n) is 3.36. The topological polar surface area (TPSA) is 85.1 Å². The zero-order valence-electron chi connectivity index (χ0n) is 9.02. The summed E-state index contributed by atoms with van der Waals surface area (Å²) >= 11 is 3.12. The minimum Gasteiger partial charge on any atom is -0.368 e. The molecule has 0 fully saturated rings. The van der Waals surface area contributed by atoms with Crippen molar-refractivity contribution in [1.82, 2.24) is 10.3 Å². The molecule has 3 N–H and O–H groups in total. The molecule has 0 unspecified atom stereocenters. The van der Waals surface area contributed by atoms with E-state index in [1.165, 1.54) is 6.20 Å². The molecule has 1 atom stereocenters. The number of primary amides is 1. The van der Waals surface area contributed by atoms with Gasteiger partial charge >= 0.3 is 0 Å². The SMILES string of the molecule is C=C(Br)C[C@H](NC(=O)c1ccccn1)C(N)=O. The number of halogens is 1. The number of nitrogens with one attached hydrogen (secondary N) is 1. The lowest BCUT2D eigenvalue weighted by molar-refractivity contribution is -0.119. The van der Waals surface area contributed by atoms with Crippen LogP contribution in [0, 0.1) is 0 Å². The summed E-state index contributed by atoms with van der Waals surface area (Å²) in [5.74, 6) is -1.06. The van der Waals surface area contributed by atoms with Gasteiger partial charge in [-0.25, -0.2) is 0 Å². The van der Waals surface area contributed by atoms with Gasteiger partial charge in [0.1, 0.15) is 11.7 Å². The summed E-state index contributed by atoms with van der Waals surface area (Å²) in [5.41, 5.74) is 5.41. The highest BCUT2D eigenvalue weighted by Gasteiger charge is 2.19. The first-order valence-electron chi connectivity index (χ1n) is 4.85. The summed E-state index contributed by atoms with van der Waals surface area (Å²) in [4.78, 5) is 26.7. The van der Waals surface area contributed by atoms with Crippen molar-refractivity contribution in [1.29, 1.82) is 0 Å². The number of hydrogen-bond donors (Lipinski definition) is 2. The van der Waals surface area contributed by atoms with Crippen LogP contribution in [0.5, 0.6) is 0 Å². The molecule has 1 aromatic rings. The number of hydrogen-bond acceptors (Lipinski definition) is 3. The van der Waals surface area contributed by atoms with E-state index in [-0.39, 0.29) is 12.1 Å². The standard InChI is InChI=1S/C11H12BrN3O2/c1-7(12)6-9(10(13)16)15-11(17)8-4-2-3-5-14-8/h2-5,9H,1,6H2,(H2,13,16)(H,15,17)/t9-/m0/s1. The third-order valence-corrected chi connectivity index (χ3v) is 2.30. The lowest BCUT2D eigenvalue weighted by Gasteiger charge is -2.14. The highest BCUT2D eigenvalue weighted by atomic mass is 79.9. The van der Waals surface area contributed by atoms with E-state index in [0.717, 1.165) is 0 Å². The molecule has 90 valence electrons. The number of carbonyl (C=O) groups is 2. The molecule has 1 heterocycles. The van der Waals surface area contributed by atoms with Crippen LogP contribution in [0.3, 0.4) is 0 Å². The van der Waals surface area contributed by atoms with Crippen molar-refractivity contribution in [2.45, 2.75) is 12.5 Å². The monoisotopic (exact) mass is 297 g/mol. The Morgan fingerprint density at radius 2 is 2.24 bits per heavy atom. The molecule has 0 aromatic carbocycles. The van der Waals surface area contributed by atoms with E-state index in [1.807, 2.05) is 0 Å². The predicted octanol–water partition coefficient (Wildman–Crippen LogP) is 0.964. The molecule has 6 heteroatoms. The molecular weight excluding hydrogens is 286 g/mol. The van der Waals surface area contributed by atoms with Crippen LogP contribution in [0.2, 0.25) is 0 Å². The van der Waals surface area contributed by atoms with Crippen LogP contribution in [0.15, 0.2) is 35.5 Å². The molecule has 2 amide bonds. The van der Waals surface area contributed by atoms with Crippen LogP contribution in [0.4, 0.5) is 0 Å². The first kappa shape index (κ1) is 13.4. The van der Waals surface area contributed by atoms with Gasteiger partial charge in [-0.1, -0.05) is 28.6 Å². The van der Waals surface area contributed by atoms with Crippen molar-refractivity contribution >= 4 is 27.7 Å². The summed E-state index contributed by atoms with van der Waals surface area (Å²) in [7, 11) is 0. The highest BCUT2D eigenvalue weighted by Crippen LogP contribution is 2.10. The summed E-state index contributed by atoms with van der Waals surface area (Å²) in [6.07, 6.45) is 1.74. The van der Waals surface area contributed by atoms with Gasteiger partial charge in [0.15, 0.2) is 0 Å². The fourth-order valence-corrected chi connectivity index (χ4v) is 1.50. The first-order chi connectivity index (χ1) is 8.00. The van der Waals surface area contributed by atoms with E-state index in [0.29, 0.717) is 4.48 Å². The Morgan fingerprint density at radius 3 is 2.71 bits per heavy atom. The Morgan fingerprint density at radius 1 is 1.53 bits per heavy atom. The average Bonchev–Trinajstić information content (AvgIpc) is 2.28. The predicted molar refractivity (Wildman–Crippen MR) is 67.4 cm³/mol. The van der Waals surface area contributed by atoms with Crippen molar-refractivity contribution < 1.29 is 9.59 Å². The number of nitrogens with two attached hydrogens (primary N) is 1. The first-order valence-corrected chi connectivity index (χ1v) is 5.64. The average molecular weight is 298 g/mol. The van der Waals surface area contributed by atoms with Gasteiger partial charge in [-0.3, -0.25) is 14.6 Å². The van der Waals surface area contributed by atoms with Crippen molar-refractivity contribution in [2.24, 2.45) is 5.73 Å². The van der Waals surface area contributed by atoms with Gasteiger partial charge in [-0.2, -0.15) is 0 Å². The Bertz CT molecular complexity index is 434. The molecule has 0 bridgehead atoms. The lowest BCUT2D eigenvalue weighted by atomic mass is 10.2. The second kappa shape index (κ2) is 6.15. The van der Waals surface area contributed by atoms with Gasteiger partial charge < -0.3 is 11.1 Å². The fourth-order valence-electron chi connectivity index (χ4n) is 1.17. The Balaban J connectivity index is 2.71. The quantitative estimate of drug-likeness (QED) is 0.849. The molecule has 0 saturated carbocycles. The summed E-state index contributed by atoms with van der Waals surface area (Å²) < 4.78 is 0.586. The van der Waals surface area contributed by atoms with E-state index < -0.39 is 17.9 Å². The van der Waals surface area contributed by atoms with Crippen LogP contribution in [0.25, 0.3) is 0 Å². The minimum absolute atomic E-state index is 0.235. The van der Waals surface area contributed by atoms with Crippen LogP contribution < -0.4 is 11.1 Å². The van der Waals surface area contributed by atoms with Gasteiger partial charge in [0, 0.05) is 12.6 Å². The maximum absolute atomic E-state index is 11.7. The summed E-state index contributed by atoms with van der Waals surface area (Å²) in [6, 6.07) is 4.14. The zero-order chi connectivity index (χ0) is 12.8. The minimum atomic E-state index is -0.795. The molecule has 0 spiro atoms. The lowest BCUT2D eigenvalue weighted by Crippen LogP contribution is -2.44. The van der Waals surface area contributed by atoms with E-state index >= 15 is 0 Å². The van der Waals surface area contributed by atoms with Crippen molar-refractivity contribution in [2.75, 3.05) is 0 Å². The van der Waals surface area contributed by atoms with Crippen molar-refractivity contribution in [3.63, 3.8) is 0 Å². The van der Waals surface area contributed by atoms with Crippen LogP contribution in [-0.4, -0.2) is 22.8 Å². The highest BCUT2D eigenvalue weighted by molar-refractivity contribution is 9.11. The van der Waals surface area contributed by atoms with E-state index in [2.05, 4.69) is 32.8 Å². The number of carbonyl (C=O) groups excluding carboxylic acids is 2. The van der Waals surface area contributed by atoms with Gasteiger partial charge in [0.2, 0.25) is 5.91 Å². The Hall–Kier alpha value is -1.69. The maximum atomic E-state index is 11.7. The summed E-state index contributed by atoms with van der Waals surface area (Å²) in [5, 5.41) is 2.50. The van der Waals surface area contributed by atoms with Crippen LogP contribution >= 0.6 is 15.9 Å². The third-order valence-electron chi connectivity index (χ3n) is 1.97. The molecule has 0 radical (unpaired) electrons. The third kappa shape index (κ3) is 4.36. The zero-order valence-corrected chi connectivity index (χ0v) is 10.6. The fraction of sp³-hybridized carbons (Fsp3) is 0.182. The molecule has 1 rings (SSSR count). The molecule has 5 nitrogen and oxygen atoms in total. The number of amides is 2. The van der Waals surface area contributed by atoms with Crippen LogP contribution in [-0.2, 0) is 4.79 Å². The van der Waals surface area contributed by atoms with Gasteiger partial charge in [0.05, 0.1) is 0 Å². The molecule has 0 aliphatic carbocycles. The van der Waals surface area contributed by atoms with E-state index in [4.69, 9.17) is 5.73 Å². The largest absolute Gasteiger partial charge is 0.368 e. The molecule has 1 aromatic heterocycles. The van der Waals surface area contributed by atoms with Gasteiger partial charge in [0.25, 0.3) is 5.91 Å². The number of rotatable bonds is 5. The van der Waals surface area contributed by atoms with Gasteiger partial charge in [-0.15, -0.1) is 0 Å². The van der Waals surface area contributed by atoms with E-state index in [1.54, 1.807) is 18.2 Å². The Kier molecular flexibility index (Phi) is 4.84. The molecule has 17 heavy (non-hydrogen) atoms. The Labute approximate surface area is 107 Å². The molecule has 0 saturated heterocycles. The smallest absolute Gasteiger partial charge is 0.270 e. The molecular formula is C11H12BrN3O2.